The summed E-state index contributed by atoms with van der Waals surface area (Å²) in [5, 5.41) is 0. The topological polar surface area (TPSA) is 61.5 Å². The fourth-order valence-corrected chi connectivity index (χ4v) is 3.06. The molecule has 2 N–H and O–H groups in total. The van der Waals surface area contributed by atoms with Crippen molar-refractivity contribution in [2.75, 3.05) is 13.2 Å². The van der Waals surface area contributed by atoms with Crippen LogP contribution in [0.15, 0.2) is 11.9 Å². The van der Waals surface area contributed by atoms with Gasteiger partial charge in [-0.15, -0.1) is 0 Å². The van der Waals surface area contributed by atoms with Crippen molar-refractivity contribution in [1.29, 1.82) is 0 Å². The summed E-state index contributed by atoms with van der Waals surface area (Å²) in [4.78, 5) is 0. The molecule has 4 nitrogen and oxygen atoms in total. The molecule has 0 aromatic heterocycles. The maximum absolute atomic E-state index is 12.0. The Balaban J connectivity index is 2.47. The van der Waals surface area contributed by atoms with E-state index in [-0.39, 0.29) is 5.54 Å². The summed E-state index contributed by atoms with van der Waals surface area (Å²) < 4.78 is 22.3. The van der Waals surface area contributed by atoms with Crippen LogP contribution in [0.25, 0.3) is 0 Å². The molecule has 0 aromatic rings. The fraction of sp³-hybridized carbons (Fsp3) is 0.818. The Morgan fingerprint density at radius 3 is 2.25 bits per heavy atom. The molecule has 1 rings (SSSR count). The van der Waals surface area contributed by atoms with Crippen LogP contribution in [0.2, 0.25) is 0 Å². The van der Waals surface area contributed by atoms with E-state index in [9.17, 15) is 4.57 Å². The van der Waals surface area contributed by atoms with Crippen molar-refractivity contribution in [3.8, 4) is 0 Å². The predicted molar refractivity (Wildman–Crippen MR) is 65.4 cm³/mol. The van der Waals surface area contributed by atoms with E-state index in [0.717, 1.165) is 19.3 Å². The number of hydrogen-bond acceptors (Lipinski definition) is 4. The van der Waals surface area contributed by atoms with E-state index in [1.807, 2.05) is 6.08 Å². The summed E-state index contributed by atoms with van der Waals surface area (Å²) >= 11 is 0. The van der Waals surface area contributed by atoms with Crippen molar-refractivity contribution in [2.24, 2.45) is 5.73 Å². The van der Waals surface area contributed by atoms with E-state index in [1.165, 1.54) is 6.42 Å². The molecule has 1 saturated carbocycles. The number of hydrogen-bond donors (Lipinski definition) is 1. The van der Waals surface area contributed by atoms with Gasteiger partial charge >= 0.3 is 7.60 Å². The Morgan fingerprint density at radius 1 is 1.31 bits per heavy atom. The summed E-state index contributed by atoms with van der Waals surface area (Å²) in [7, 11) is -3.03. The molecule has 0 spiro atoms. The Bertz CT molecular complexity index is 277. The second kappa shape index (κ2) is 5.97. The Hall–Kier alpha value is -0.150. The number of nitrogens with two attached hydrogens (primary N) is 1. The molecule has 1 aliphatic rings. The lowest BCUT2D eigenvalue weighted by Crippen LogP contribution is -2.45. The average Bonchev–Trinajstić information content (AvgIpc) is 2.16. The monoisotopic (exact) mass is 247 g/mol. The zero-order valence-electron chi connectivity index (χ0n) is 10.1. The number of rotatable bonds is 7. The van der Waals surface area contributed by atoms with Gasteiger partial charge in [0.25, 0.3) is 0 Å². The molecule has 0 amide bonds. The van der Waals surface area contributed by atoms with Crippen LogP contribution in [0, 0.1) is 0 Å². The molecule has 0 radical (unpaired) electrons. The van der Waals surface area contributed by atoms with Crippen LogP contribution in [0.5, 0.6) is 0 Å². The lowest BCUT2D eigenvalue weighted by Gasteiger charge is -2.37. The molecule has 94 valence electrons. The molecular weight excluding hydrogens is 225 g/mol. The Labute approximate surface area is 97.7 Å². The largest absolute Gasteiger partial charge is 0.353 e. The maximum atomic E-state index is 12.0. The average molecular weight is 247 g/mol. The smallest absolute Gasteiger partial charge is 0.325 e. The van der Waals surface area contributed by atoms with Gasteiger partial charge in [0.1, 0.15) is 0 Å². The molecule has 0 aromatic carbocycles. The van der Waals surface area contributed by atoms with Crippen molar-refractivity contribution in [3.63, 3.8) is 0 Å². The Morgan fingerprint density at radius 2 is 1.88 bits per heavy atom. The van der Waals surface area contributed by atoms with E-state index >= 15 is 0 Å². The van der Waals surface area contributed by atoms with E-state index in [4.69, 9.17) is 14.8 Å². The van der Waals surface area contributed by atoms with E-state index in [0.29, 0.717) is 13.2 Å². The minimum atomic E-state index is -3.03. The van der Waals surface area contributed by atoms with Crippen molar-refractivity contribution < 1.29 is 13.6 Å². The third-order valence-electron chi connectivity index (χ3n) is 2.78. The van der Waals surface area contributed by atoms with Crippen LogP contribution in [0.4, 0.5) is 0 Å². The molecule has 16 heavy (non-hydrogen) atoms. The van der Waals surface area contributed by atoms with Gasteiger partial charge < -0.3 is 14.8 Å². The molecular formula is C11H22NO3P. The zero-order valence-corrected chi connectivity index (χ0v) is 11.0. The van der Waals surface area contributed by atoms with Crippen molar-refractivity contribution in [1.82, 2.24) is 0 Å². The molecule has 0 heterocycles. The van der Waals surface area contributed by atoms with Crippen molar-refractivity contribution in [2.45, 2.75) is 45.1 Å². The molecule has 0 bridgehead atoms. The summed E-state index contributed by atoms with van der Waals surface area (Å²) in [6.45, 7) is 4.37. The van der Waals surface area contributed by atoms with Gasteiger partial charge in [-0.25, -0.2) is 0 Å². The van der Waals surface area contributed by atoms with Crippen LogP contribution in [0.1, 0.15) is 39.5 Å². The van der Waals surface area contributed by atoms with Crippen LogP contribution < -0.4 is 5.73 Å². The first-order valence-electron chi connectivity index (χ1n) is 5.89. The standard InChI is InChI=1S/C11H22NO3P/c1-3-14-16(13,15-4-2)10-6-9-11(12)7-5-8-11/h6,10H,3-5,7-9,12H2,1-2H3/b10-6+. The highest BCUT2D eigenvalue weighted by atomic mass is 31.2. The minimum absolute atomic E-state index is 0.0836. The van der Waals surface area contributed by atoms with Crippen molar-refractivity contribution in [3.05, 3.63) is 11.9 Å². The third kappa shape index (κ3) is 4.02. The summed E-state index contributed by atoms with van der Waals surface area (Å²) in [5.41, 5.74) is 5.97. The first-order valence-corrected chi connectivity index (χ1v) is 7.50. The highest BCUT2D eigenvalue weighted by molar-refractivity contribution is 7.57. The summed E-state index contributed by atoms with van der Waals surface area (Å²) in [5.74, 6) is 1.55. The van der Waals surface area contributed by atoms with E-state index in [1.54, 1.807) is 19.7 Å². The van der Waals surface area contributed by atoms with Gasteiger partial charge in [-0.05, 0) is 39.5 Å². The molecule has 0 unspecified atom stereocenters. The van der Waals surface area contributed by atoms with E-state index in [2.05, 4.69) is 0 Å². The Kier molecular flexibility index (Phi) is 5.19. The zero-order chi connectivity index (χ0) is 12.1. The van der Waals surface area contributed by atoms with Gasteiger partial charge in [-0.2, -0.15) is 0 Å². The van der Waals surface area contributed by atoms with Crippen LogP contribution in [0.3, 0.4) is 0 Å². The van der Waals surface area contributed by atoms with Gasteiger partial charge in [0.15, 0.2) is 0 Å². The van der Waals surface area contributed by atoms with E-state index < -0.39 is 7.60 Å². The molecule has 0 saturated heterocycles. The van der Waals surface area contributed by atoms with Gasteiger partial charge in [-0.3, -0.25) is 4.57 Å². The molecule has 1 fully saturated rings. The molecule has 0 aliphatic heterocycles. The van der Waals surface area contributed by atoms with Crippen molar-refractivity contribution >= 4 is 7.60 Å². The molecule has 1 aliphatic carbocycles. The first-order chi connectivity index (χ1) is 7.54. The summed E-state index contributed by atoms with van der Waals surface area (Å²) in [6, 6.07) is 0. The first kappa shape index (κ1) is 13.9. The minimum Gasteiger partial charge on any atom is -0.325 e. The SMILES string of the molecule is CCOP(=O)(/C=C/CC1(N)CCC1)OCC. The van der Waals surface area contributed by atoms with Gasteiger partial charge in [0.05, 0.1) is 13.2 Å². The lowest BCUT2D eigenvalue weighted by atomic mass is 9.75. The normalized spacial score (nSPS) is 19.9. The van der Waals surface area contributed by atoms with Crippen LogP contribution in [-0.4, -0.2) is 18.8 Å². The van der Waals surface area contributed by atoms with Gasteiger partial charge in [0, 0.05) is 11.4 Å². The van der Waals surface area contributed by atoms with Crippen LogP contribution >= 0.6 is 7.60 Å². The lowest BCUT2D eigenvalue weighted by molar-refractivity contribution is 0.228. The maximum Gasteiger partial charge on any atom is 0.353 e. The quantitative estimate of drug-likeness (QED) is 0.702. The van der Waals surface area contributed by atoms with Crippen LogP contribution in [-0.2, 0) is 13.6 Å². The van der Waals surface area contributed by atoms with Gasteiger partial charge in [0.2, 0.25) is 0 Å². The second-order valence-electron chi connectivity index (χ2n) is 4.18. The second-order valence-corrected chi connectivity index (χ2v) is 6.07. The summed E-state index contributed by atoms with van der Waals surface area (Å²) in [6.07, 6.45) is 5.87. The highest BCUT2D eigenvalue weighted by Crippen LogP contribution is 2.50. The third-order valence-corrected chi connectivity index (χ3v) is 4.59. The molecule has 0 atom stereocenters. The highest BCUT2D eigenvalue weighted by Gasteiger charge is 2.31. The van der Waals surface area contributed by atoms with Gasteiger partial charge in [-0.1, -0.05) is 6.08 Å². The predicted octanol–water partition coefficient (Wildman–Crippen LogP) is 3.04. The fourth-order valence-electron chi connectivity index (χ4n) is 1.73. The molecule has 5 heteroatoms.